The van der Waals surface area contributed by atoms with Gasteiger partial charge in [0.15, 0.2) is 0 Å². The molecule has 0 amide bonds. The molecule has 0 spiro atoms. The van der Waals surface area contributed by atoms with Crippen LogP contribution in [0.4, 0.5) is 0 Å². The number of rotatable bonds is 22. The molecule has 0 unspecified atom stereocenters. The molecule has 0 aliphatic carbocycles. The lowest BCUT2D eigenvalue weighted by molar-refractivity contribution is -0.139. The third-order valence-electron chi connectivity index (χ3n) is 6.68. The van der Waals surface area contributed by atoms with Gasteiger partial charge in [-0.25, -0.2) is 0 Å². The number of nitrogens with two attached hydrogens (primary N) is 9. The Morgan fingerprint density at radius 2 is 0.736 bits per heavy atom. The van der Waals surface area contributed by atoms with E-state index >= 15 is 0 Å². The maximum Gasteiger partial charge on any atom is 0.320 e. The van der Waals surface area contributed by atoms with Gasteiger partial charge in [0.2, 0.25) is 0 Å². The van der Waals surface area contributed by atoms with Gasteiger partial charge in [0, 0.05) is 0 Å². The van der Waals surface area contributed by atoms with Crippen molar-refractivity contribution in [3.05, 3.63) is 0 Å². The highest BCUT2D eigenvalue weighted by atomic mass is 16.4. The van der Waals surface area contributed by atoms with Crippen LogP contribution in [0.2, 0.25) is 0 Å². The number of nitrogens with one attached hydrogen (secondary N) is 1. The Morgan fingerprint density at radius 3 is 0.849 bits per heavy atom. The van der Waals surface area contributed by atoms with Crippen LogP contribution in [0.15, 0.2) is 0 Å². The van der Waals surface area contributed by atoms with Crippen LogP contribution in [0.1, 0.15) is 89.9 Å². The van der Waals surface area contributed by atoms with E-state index in [-0.39, 0.29) is 12.6 Å². The van der Waals surface area contributed by atoms with Crippen LogP contribution in [0, 0.1) is 0 Å². The SMILES string of the molecule is NCC(=O)O.NCCCC[C@H](N)C(=O)O.NCCCC[C@H](N)C(=O)O.NCCCC[C@H](N)C(=O)O.NCCCC[C@H](N)C(=O)O.O=C(O)[C@@H]1CCCN1. The minimum atomic E-state index is -0.968. The molecule has 0 aromatic heterocycles. The Bertz CT molecular complexity index is 828. The van der Waals surface area contributed by atoms with E-state index in [9.17, 15) is 28.8 Å². The standard InChI is InChI=1S/4C6H14N2O2.C5H9NO2.C2H5NO2/c4*7-4-2-1-3-5(8)6(9)10;7-5(8)4-2-1-3-6-4;3-1-2(4)5/h4*5H,1-4,7-8H2,(H,9,10);4,6H,1-3H2,(H,7,8);1,3H2,(H,4,5)/t4*5-;4-;/m00000./s1. The second-order valence-electron chi connectivity index (χ2n) is 11.5. The van der Waals surface area contributed by atoms with E-state index in [1.165, 1.54) is 0 Å². The molecule has 0 aromatic rings. The molecular formula is C31H70N10O12. The molecular weight excluding hydrogens is 704 g/mol. The molecule has 1 saturated heterocycles. The molecule has 53 heavy (non-hydrogen) atoms. The molecule has 22 nitrogen and oxygen atoms in total. The number of aliphatic carboxylic acids is 6. The van der Waals surface area contributed by atoms with Gasteiger partial charge < -0.3 is 87.6 Å². The van der Waals surface area contributed by atoms with Gasteiger partial charge in [-0.2, -0.15) is 0 Å². The van der Waals surface area contributed by atoms with Crippen molar-refractivity contribution in [1.82, 2.24) is 5.32 Å². The first-order valence-corrected chi connectivity index (χ1v) is 17.4. The number of carboxylic acids is 6. The molecule has 1 heterocycles. The second kappa shape index (κ2) is 42.8. The van der Waals surface area contributed by atoms with Crippen molar-refractivity contribution in [1.29, 1.82) is 0 Å². The summed E-state index contributed by atoms with van der Waals surface area (Å²) in [5.74, 6) is -5.42. The molecule has 0 bridgehead atoms. The predicted octanol–water partition coefficient (Wildman–Crippen LogP) is -3.04. The van der Waals surface area contributed by atoms with Crippen molar-refractivity contribution in [2.24, 2.45) is 51.6 Å². The fourth-order valence-electron chi connectivity index (χ4n) is 3.42. The maximum atomic E-state index is 10.1. The highest BCUT2D eigenvalue weighted by molar-refractivity contribution is 5.74. The summed E-state index contributed by atoms with van der Waals surface area (Å²) >= 11 is 0. The summed E-state index contributed by atoms with van der Waals surface area (Å²) in [7, 11) is 0. The summed E-state index contributed by atoms with van der Waals surface area (Å²) in [6, 6.07) is -3.13. The molecule has 5 atom stereocenters. The summed E-state index contributed by atoms with van der Waals surface area (Å²) in [5, 5.41) is 52.1. The monoisotopic (exact) mass is 775 g/mol. The van der Waals surface area contributed by atoms with Crippen LogP contribution in [0.25, 0.3) is 0 Å². The molecule has 0 radical (unpaired) electrons. The van der Waals surface area contributed by atoms with Crippen molar-refractivity contribution in [3.8, 4) is 0 Å². The van der Waals surface area contributed by atoms with Crippen LogP contribution < -0.4 is 56.9 Å². The van der Waals surface area contributed by atoms with Gasteiger partial charge in [0.05, 0.1) is 6.54 Å². The van der Waals surface area contributed by atoms with Crippen LogP contribution in [-0.2, 0) is 28.8 Å². The average Bonchev–Trinajstić information content (AvgIpc) is 3.66. The summed E-state index contributed by atoms with van der Waals surface area (Å²) in [6.07, 6.45) is 10.4. The normalized spacial score (nSPS) is 14.8. The largest absolute Gasteiger partial charge is 0.480 e. The Balaban J connectivity index is -0.000000176. The summed E-state index contributed by atoms with van der Waals surface area (Å²) in [5.41, 5.74) is 46.2. The first-order valence-electron chi connectivity index (χ1n) is 17.4. The van der Waals surface area contributed by atoms with Crippen molar-refractivity contribution >= 4 is 35.8 Å². The molecule has 316 valence electrons. The number of unbranched alkanes of at least 4 members (excludes halogenated alkanes) is 4. The molecule has 0 saturated carbocycles. The highest BCUT2D eigenvalue weighted by Crippen LogP contribution is 2.03. The minimum Gasteiger partial charge on any atom is -0.480 e. The third-order valence-corrected chi connectivity index (χ3v) is 6.68. The Labute approximate surface area is 311 Å². The lowest BCUT2D eigenvalue weighted by atomic mass is 10.1. The Kier molecular flexibility index (Phi) is 47.5. The minimum absolute atomic E-state index is 0.269. The van der Waals surface area contributed by atoms with Crippen LogP contribution in [0.5, 0.6) is 0 Å². The van der Waals surface area contributed by atoms with E-state index in [2.05, 4.69) is 11.1 Å². The average molecular weight is 775 g/mol. The van der Waals surface area contributed by atoms with Gasteiger partial charge in [0.25, 0.3) is 0 Å². The summed E-state index contributed by atoms with van der Waals surface area (Å²) < 4.78 is 0. The van der Waals surface area contributed by atoms with Crippen molar-refractivity contribution < 1.29 is 59.4 Å². The molecule has 1 fully saturated rings. The van der Waals surface area contributed by atoms with Crippen molar-refractivity contribution in [3.63, 3.8) is 0 Å². The van der Waals surface area contributed by atoms with Gasteiger partial charge in [-0.15, -0.1) is 0 Å². The van der Waals surface area contributed by atoms with Gasteiger partial charge >= 0.3 is 35.8 Å². The molecule has 1 aliphatic rings. The first kappa shape index (κ1) is 58.7. The third kappa shape index (κ3) is 50.6. The molecule has 22 heteroatoms. The fourth-order valence-corrected chi connectivity index (χ4v) is 3.42. The topological polar surface area (TPSA) is 470 Å². The van der Waals surface area contributed by atoms with Crippen molar-refractivity contribution in [2.45, 2.75) is 120 Å². The first-order chi connectivity index (χ1) is 24.8. The zero-order valence-corrected chi connectivity index (χ0v) is 30.9. The Hall–Kier alpha value is -3.58. The number of carboxylic acid groups (broad SMARTS) is 6. The van der Waals surface area contributed by atoms with Crippen LogP contribution >= 0.6 is 0 Å². The Morgan fingerprint density at radius 1 is 0.491 bits per heavy atom. The van der Waals surface area contributed by atoms with Gasteiger partial charge in [-0.05, 0) is 96.9 Å². The lowest BCUT2D eigenvalue weighted by Crippen LogP contribution is -2.29. The molecule has 1 rings (SSSR count). The van der Waals surface area contributed by atoms with Gasteiger partial charge in [-0.1, -0.05) is 25.7 Å². The second-order valence-corrected chi connectivity index (χ2v) is 11.5. The van der Waals surface area contributed by atoms with E-state index in [0.717, 1.165) is 70.8 Å². The zero-order valence-electron chi connectivity index (χ0n) is 30.9. The van der Waals surface area contributed by atoms with E-state index < -0.39 is 60.0 Å². The molecule has 1 aliphatic heterocycles. The fraction of sp³-hybridized carbons (Fsp3) is 0.806. The van der Waals surface area contributed by atoms with Gasteiger partial charge in [-0.3, -0.25) is 28.8 Å². The quantitative estimate of drug-likeness (QED) is 0.0486. The number of hydrogen-bond acceptors (Lipinski definition) is 16. The molecule has 25 N–H and O–H groups in total. The number of hydrogen-bond donors (Lipinski definition) is 16. The smallest absolute Gasteiger partial charge is 0.320 e. The summed E-state index contributed by atoms with van der Waals surface area (Å²) in [6.45, 7) is 2.99. The van der Waals surface area contributed by atoms with E-state index in [1.807, 2.05) is 0 Å². The maximum absolute atomic E-state index is 10.1. The van der Waals surface area contributed by atoms with E-state index in [4.69, 9.17) is 76.5 Å². The van der Waals surface area contributed by atoms with Crippen molar-refractivity contribution in [2.75, 3.05) is 39.3 Å². The lowest BCUT2D eigenvalue weighted by Gasteiger charge is -2.03. The van der Waals surface area contributed by atoms with E-state index in [1.54, 1.807) is 0 Å². The van der Waals surface area contributed by atoms with Crippen LogP contribution in [0.3, 0.4) is 0 Å². The molecule has 0 aromatic carbocycles. The number of carbonyl (C=O) groups is 6. The highest BCUT2D eigenvalue weighted by Gasteiger charge is 2.20. The van der Waals surface area contributed by atoms with E-state index in [0.29, 0.717) is 51.9 Å². The predicted molar refractivity (Wildman–Crippen MR) is 199 cm³/mol. The van der Waals surface area contributed by atoms with Gasteiger partial charge in [0.1, 0.15) is 30.2 Å². The summed E-state index contributed by atoms with van der Waals surface area (Å²) in [4.78, 5) is 59.9. The van der Waals surface area contributed by atoms with Crippen LogP contribution in [-0.4, -0.2) is 136 Å². The zero-order chi connectivity index (χ0) is 42.2.